The number of carbonyl (C=O) groups excluding carboxylic acids is 2. The van der Waals surface area contributed by atoms with Gasteiger partial charge < -0.3 is 10.2 Å². The maximum Gasteiger partial charge on any atom is 0.406 e. The van der Waals surface area contributed by atoms with Crippen LogP contribution in [0.15, 0.2) is 6.20 Å². The summed E-state index contributed by atoms with van der Waals surface area (Å²) < 4.78 is 36.8. The number of thiazole rings is 1. The number of likely N-dealkylation sites (tertiary alicyclic amines) is 1. The molecular weight excluding hydrogens is 295 g/mol. The number of rotatable bonds is 3. The van der Waals surface area contributed by atoms with Crippen LogP contribution < -0.4 is 5.32 Å². The van der Waals surface area contributed by atoms with Crippen molar-refractivity contribution in [1.29, 1.82) is 0 Å². The molecule has 1 N–H and O–H groups in total. The molecule has 1 saturated heterocycles. The van der Waals surface area contributed by atoms with Crippen molar-refractivity contribution < 1.29 is 22.8 Å². The third-order valence-electron chi connectivity index (χ3n) is 2.81. The number of aryl methyl sites for hydroxylation is 1. The van der Waals surface area contributed by atoms with E-state index in [0.29, 0.717) is 10.0 Å². The van der Waals surface area contributed by atoms with Gasteiger partial charge >= 0.3 is 6.18 Å². The molecule has 1 aromatic heterocycles. The Kier molecular flexibility index (Phi) is 3.98. The molecule has 0 unspecified atom stereocenters. The van der Waals surface area contributed by atoms with Crippen LogP contribution >= 0.6 is 11.3 Å². The highest BCUT2D eigenvalue weighted by Gasteiger charge is 2.40. The first-order valence-corrected chi connectivity index (χ1v) is 6.64. The van der Waals surface area contributed by atoms with Gasteiger partial charge in [-0.25, -0.2) is 4.98 Å². The maximum absolute atomic E-state index is 12.3. The number of alkyl halides is 3. The topological polar surface area (TPSA) is 62.3 Å². The van der Waals surface area contributed by atoms with Gasteiger partial charge in [-0.05, 0) is 6.92 Å². The van der Waals surface area contributed by atoms with Gasteiger partial charge in [0.1, 0.15) is 6.54 Å². The van der Waals surface area contributed by atoms with Crippen LogP contribution in [-0.4, -0.2) is 41.0 Å². The molecule has 0 aromatic carbocycles. The molecule has 0 bridgehead atoms. The lowest BCUT2D eigenvalue weighted by atomic mass is 10.1. The predicted octanol–water partition coefficient (Wildman–Crippen LogP) is 1.80. The summed E-state index contributed by atoms with van der Waals surface area (Å²) in [5, 5.41) is 2.90. The molecule has 1 aliphatic heterocycles. The van der Waals surface area contributed by atoms with E-state index in [2.05, 4.69) is 10.3 Å². The Morgan fingerprint density at radius 2 is 2.30 bits per heavy atom. The summed E-state index contributed by atoms with van der Waals surface area (Å²) in [4.78, 5) is 28.8. The average Bonchev–Trinajstić information content (AvgIpc) is 2.85. The third-order valence-corrected chi connectivity index (χ3v) is 3.64. The normalized spacial score (nSPS) is 19.5. The summed E-state index contributed by atoms with van der Waals surface area (Å²) in [7, 11) is 0. The van der Waals surface area contributed by atoms with Crippen LogP contribution in [0.5, 0.6) is 0 Å². The van der Waals surface area contributed by atoms with Crippen LogP contribution in [-0.2, 0) is 9.59 Å². The van der Waals surface area contributed by atoms with Crippen molar-refractivity contribution in [3.05, 3.63) is 11.1 Å². The summed E-state index contributed by atoms with van der Waals surface area (Å²) in [6.45, 7) is 0.290. The molecule has 2 amide bonds. The van der Waals surface area contributed by atoms with Crippen molar-refractivity contribution in [2.75, 3.05) is 18.4 Å². The molecule has 1 aromatic rings. The fourth-order valence-corrected chi connectivity index (χ4v) is 2.60. The molecule has 1 aliphatic rings. The minimum atomic E-state index is -4.45. The number of carbonyl (C=O) groups is 2. The number of nitrogens with zero attached hydrogens (tertiary/aromatic N) is 2. The summed E-state index contributed by atoms with van der Waals surface area (Å²) in [6, 6.07) is 0. The monoisotopic (exact) mass is 307 g/mol. The van der Waals surface area contributed by atoms with Crippen molar-refractivity contribution in [3.63, 3.8) is 0 Å². The Balaban J connectivity index is 1.94. The highest BCUT2D eigenvalue weighted by atomic mass is 32.1. The molecule has 5 nitrogen and oxygen atoms in total. The standard InChI is InChI=1S/C11H12F3N3O2S/c1-6-3-15-10(20-6)16-9(19)7-2-8(18)17(4-7)5-11(12,13)14/h3,7H,2,4-5H2,1H3,(H,15,16,19)/t7-/m0/s1. The summed E-state index contributed by atoms with van der Waals surface area (Å²) in [5.41, 5.74) is 0. The predicted molar refractivity (Wildman–Crippen MR) is 66.2 cm³/mol. The van der Waals surface area contributed by atoms with Gasteiger partial charge in [-0.3, -0.25) is 9.59 Å². The molecule has 0 radical (unpaired) electrons. The first-order valence-electron chi connectivity index (χ1n) is 5.82. The minimum Gasteiger partial charge on any atom is -0.333 e. The van der Waals surface area contributed by atoms with Crippen LogP contribution in [0.4, 0.5) is 18.3 Å². The number of hydrogen-bond donors (Lipinski definition) is 1. The van der Waals surface area contributed by atoms with Gasteiger partial charge in [0, 0.05) is 24.0 Å². The summed E-state index contributed by atoms with van der Waals surface area (Å²) in [6.07, 6.45) is -3.07. The lowest BCUT2D eigenvalue weighted by Crippen LogP contribution is -2.36. The number of aromatic nitrogens is 1. The van der Waals surface area contributed by atoms with Crippen LogP contribution in [0.1, 0.15) is 11.3 Å². The smallest absolute Gasteiger partial charge is 0.333 e. The Morgan fingerprint density at radius 3 is 2.85 bits per heavy atom. The van der Waals surface area contributed by atoms with E-state index >= 15 is 0 Å². The molecule has 2 heterocycles. The highest BCUT2D eigenvalue weighted by molar-refractivity contribution is 7.15. The Hall–Kier alpha value is -1.64. The van der Waals surface area contributed by atoms with E-state index in [1.165, 1.54) is 11.3 Å². The van der Waals surface area contributed by atoms with Crippen molar-refractivity contribution >= 4 is 28.3 Å². The van der Waals surface area contributed by atoms with Crippen LogP contribution in [0.25, 0.3) is 0 Å². The van der Waals surface area contributed by atoms with Gasteiger partial charge in [-0.15, -0.1) is 11.3 Å². The number of nitrogens with one attached hydrogen (secondary N) is 1. The second-order valence-corrected chi connectivity index (χ2v) is 5.79. The van der Waals surface area contributed by atoms with Crippen molar-refractivity contribution in [2.24, 2.45) is 5.92 Å². The third kappa shape index (κ3) is 3.69. The van der Waals surface area contributed by atoms with Crippen LogP contribution in [0, 0.1) is 12.8 Å². The quantitative estimate of drug-likeness (QED) is 0.926. The van der Waals surface area contributed by atoms with Crippen molar-refractivity contribution in [3.8, 4) is 0 Å². The lowest BCUT2D eigenvalue weighted by Gasteiger charge is -2.18. The molecule has 1 atom stereocenters. The SMILES string of the molecule is Cc1cnc(NC(=O)[C@H]2CC(=O)N(CC(F)(F)F)C2)s1. The van der Waals surface area contributed by atoms with Crippen molar-refractivity contribution in [2.45, 2.75) is 19.5 Å². The van der Waals surface area contributed by atoms with E-state index in [0.717, 1.165) is 4.88 Å². The number of anilines is 1. The van der Waals surface area contributed by atoms with E-state index in [9.17, 15) is 22.8 Å². The summed E-state index contributed by atoms with van der Waals surface area (Å²) >= 11 is 1.26. The Morgan fingerprint density at radius 1 is 1.60 bits per heavy atom. The molecule has 9 heteroatoms. The number of halogens is 3. The van der Waals surface area contributed by atoms with Gasteiger partial charge in [0.2, 0.25) is 11.8 Å². The fraction of sp³-hybridized carbons (Fsp3) is 0.545. The Labute approximate surface area is 116 Å². The molecule has 0 saturated carbocycles. The lowest BCUT2D eigenvalue weighted by molar-refractivity contribution is -0.157. The highest BCUT2D eigenvalue weighted by Crippen LogP contribution is 2.25. The van der Waals surface area contributed by atoms with Gasteiger partial charge in [-0.2, -0.15) is 13.2 Å². The van der Waals surface area contributed by atoms with E-state index < -0.39 is 30.5 Å². The first-order chi connectivity index (χ1) is 9.24. The van der Waals surface area contributed by atoms with Gasteiger partial charge in [-0.1, -0.05) is 0 Å². The first kappa shape index (κ1) is 14.8. The second kappa shape index (κ2) is 5.39. The Bertz CT molecular complexity index is 529. The van der Waals surface area contributed by atoms with Gasteiger partial charge in [0.25, 0.3) is 0 Å². The molecule has 1 fully saturated rings. The van der Waals surface area contributed by atoms with Crippen LogP contribution in [0.3, 0.4) is 0 Å². The molecule has 20 heavy (non-hydrogen) atoms. The van der Waals surface area contributed by atoms with E-state index in [1.54, 1.807) is 6.20 Å². The zero-order chi connectivity index (χ0) is 14.9. The van der Waals surface area contributed by atoms with Gasteiger partial charge in [0.05, 0.1) is 5.92 Å². The molecule has 0 aliphatic carbocycles. The maximum atomic E-state index is 12.3. The zero-order valence-electron chi connectivity index (χ0n) is 10.5. The molecule has 0 spiro atoms. The summed E-state index contributed by atoms with van der Waals surface area (Å²) in [5.74, 6) is -1.90. The van der Waals surface area contributed by atoms with Crippen LogP contribution in [0.2, 0.25) is 0 Å². The van der Waals surface area contributed by atoms with E-state index in [4.69, 9.17) is 0 Å². The van der Waals surface area contributed by atoms with Crippen molar-refractivity contribution in [1.82, 2.24) is 9.88 Å². The average molecular weight is 307 g/mol. The molecular formula is C11H12F3N3O2S. The van der Waals surface area contributed by atoms with E-state index in [-0.39, 0.29) is 13.0 Å². The zero-order valence-corrected chi connectivity index (χ0v) is 11.3. The minimum absolute atomic E-state index is 0.202. The second-order valence-electron chi connectivity index (χ2n) is 4.56. The fourth-order valence-electron chi connectivity index (χ4n) is 1.94. The molecule has 2 rings (SSSR count). The molecule has 110 valence electrons. The largest absolute Gasteiger partial charge is 0.406 e. The number of hydrogen-bond acceptors (Lipinski definition) is 4. The van der Waals surface area contributed by atoms with E-state index in [1.807, 2.05) is 6.92 Å². The number of amides is 2. The van der Waals surface area contributed by atoms with Gasteiger partial charge in [0.15, 0.2) is 5.13 Å².